The molecule has 2 saturated heterocycles. The van der Waals surface area contributed by atoms with Gasteiger partial charge in [-0.3, -0.25) is 19.2 Å². The molecule has 1 aromatic rings. The number of amides is 3. The Labute approximate surface area is 225 Å². The molecular weight excluding hydrogens is 542 g/mol. The summed E-state index contributed by atoms with van der Waals surface area (Å²) in [5.41, 5.74) is -0.540. The summed E-state index contributed by atoms with van der Waals surface area (Å²) in [5, 5.41) is 17.6. The number of carbonyl (C=O) groups is 4. The molecular formula is C24H28F2N4O8S. The predicted molar refractivity (Wildman–Crippen MR) is 133 cm³/mol. The standard InChI is InChI=1S/C24H28F2N4O8S/c1-9-17-16(10(2)29-22(33)20(25)26)23(34)30(17)18(24(35)36)19(9)39-12-5-13(27-7-12)21(32)28-6-11-4-14(31)15(37-3)8-38-11/h4,8-10,12-13,16-17,20,27H,5-7H2,1-3H3,(H,28,32)(H,29,33)(H,35,36)/t9-,10-,12?,13+,16-,17+/m1/s1. The Kier molecular flexibility index (Phi) is 8.30. The molecule has 0 aromatic carbocycles. The summed E-state index contributed by atoms with van der Waals surface area (Å²) in [6.07, 6.45) is -1.70. The summed E-state index contributed by atoms with van der Waals surface area (Å²) in [6.45, 7) is 3.58. The number of β-lactam (4-membered cyclic amide) rings is 1. The number of hydrogen-bond acceptors (Lipinski definition) is 9. The molecule has 3 aliphatic rings. The second-order valence-electron chi connectivity index (χ2n) is 9.56. The van der Waals surface area contributed by atoms with Crippen LogP contribution < -0.4 is 26.1 Å². The van der Waals surface area contributed by atoms with E-state index in [0.29, 0.717) is 17.9 Å². The maximum absolute atomic E-state index is 12.8. The largest absolute Gasteiger partial charge is 0.490 e. The van der Waals surface area contributed by atoms with E-state index >= 15 is 0 Å². The van der Waals surface area contributed by atoms with Crippen molar-refractivity contribution in [1.82, 2.24) is 20.9 Å². The maximum Gasteiger partial charge on any atom is 0.353 e. The quantitative estimate of drug-likeness (QED) is 0.287. The number of rotatable bonds is 10. The Hall–Kier alpha value is -3.46. The van der Waals surface area contributed by atoms with Crippen molar-refractivity contribution in [3.63, 3.8) is 0 Å². The molecule has 0 saturated carbocycles. The number of thioether (sulfide) groups is 1. The molecule has 2 fully saturated rings. The molecule has 12 nitrogen and oxygen atoms in total. The van der Waals surface area contributed by atoms with Gasteiger partial charge in [0, 0.05) is 34.7 Å². The Balaban J connectivity index is 1.38. The van der Waals surface area contributed by atoms with Gasteiger partial charge in [-0.15, -0.1) is 11.8 Å². The molecule has 6 atom stereocenters. The Morgan fingerprint density at radius 3 is 2.67 bits per heavy atom. The van der Waals surface area contributed by atoms with Crippen LogP contribution in [0.4, 0.5) is 8.78 Å². The second kappa shape index (κ2) is 11.3. The van der Waals surface area contributed by atoms with Crippen molar-refractivity contribution in [2.75, 3.05) is 13.7 Å². The van der Waals surface area contributed by atoms with E-state index < -0.39 is 54.2 Å². The summed E-state index contributed by atoms with van der Waals surface area (Å²) in [7, 11) is 1.34. The number of fused-ring (bicyclic) bond motifs is 1. The van der Waals surface area contributed by atoms with Crippen LogP contribution in [0, 0.1) is 11.8 Å². The van der Waals surface area contributed by atoms with Crippen LogP contribution >= 0.6 is 11.8 Å². The van der Waals surface area contributed by atoms with Crippen molar-refractivity contribution in [1.29, 1.82) is 0 Å². The van der Waals surface area contributed by atoms with Crippen molar-refractivity contribution in [3.05, 3.63) is 38.9 Å². The molecule has 0 bridgehead atoms. The van der Waals surface area contributed by atoms with Gasteiger partial charge in [0.1, 0.15) is 17.7 Å². The van der Waals surface area contributed by atoms with Crippen LogP contribution in [0.25, 0.3) is 0 Å². The van der Waals surface area contributed by atoms with Crippen LogP contribution in [-0.2, 0) is 25.7 Å². The highest BCUT2D eigenvalue weighted by atomic mass is 32.2. The number of nitrogens with zero attached hydrogens (tertiary/aromatic N) is 1. The lowest BCUT2D eigenvalue weighted by Gasteiger charge is -2.47. The number of methoxy groups -OCH3 is 1. The molecule has 4 heterocycles. The summed E-state index contributed by atoms with van der Waals surface area (Å²) in [5.74, 6) is -4.62. The van der Waals surface area contributed by atoms with Crippen LogP contribution in [0.3, 0.4) is 0 Å². The fraction of sp³-hybridized carbons (Fsp3) is 0.542. The summed E-state index contributed by atoms with van der Waals surface area (Å²) < 4.78 is 35.5. The van der Waals surface area contributed by atoms with Gasteiger partial charge in [0.05, 0.1) is 31.7 Å². The average molecular weight is 571 g/mol. The highest BCUT2D eigenvalue weighted by Crippen LogP contribution is 2.51. The molecule has 1 aromatic heterocycles. The van der Waals surface area contributed by atoms with Crippen LogP contribution in [-0.4, -0.2) is 77.2 Å². The van der Waals surface area contributed by atoms with Crippen molar-refractivity contribution >= 4 is 35.5 Å². The fourth-order valence-electron chi connectivity index (χ4n) is 5.22. The monoisotopic (exact) mass is 570 g/mol. The zero-order valence-corrected chi connectivity index (χ0v) is 22.1. The number of ether oxygens (including phenoxy) is 1. The number of alkyl halides is 2. The van der Waals surface area contributed by atoms with Crippen LogP contribution in [0.5, 0.6) is 5.75 Å². The van der Waals surface area contributed by atoms with E-state index in [9.17, 15) is 37.9 Å². The van der Waals surface area contributed by atoms with Gasteiger partial charge in [-0.2, -0.15) is 8.78 Å². The van der Waals surface area contributed by atoms with Crippen LogP contribution in [0.2, 0.25) is 0 Å². The van der Waals surface area contributed by atoms with Gasteiger partial charge in [0.15, 0.2) is 0 Å². The predicted octanol–water partition coefficient (Wildman–Crippen LogP) is 0.271. The Morgan fingerprint density at radius 1 is 1.33 bits per heavy atom. The smallest absolute Gasteiger partial charge is 0.353 e. The van der Waals surface area contributed by atoms with E-state index in [1.54, 1.807) is 6.92 Å². The van der Waals surface area contributed by atoms with Gasteiger partial charge >= 0.3 is 12.4 Å². The fourth-order valence-corrected chi connectivity index (χ4v) is 6.70. The van der Waals surface area contributed by atoms with Gasteiger partial charge in [0.25, 0.3) is 5.91 Å². The van der Waals surface area contributed by atoms with E-state index in [1.165, 1.54) is 36.8 Å². The maximum atomic E-state index is 12.8. The van der Waals surface area contributed by atoms with Gasteiger partial charge < -0.3 is 35.1 Å². The van der Waals surface area contributed by atoms with Crippen molar-refractivity contribution in [3.8, 4) is 5.75 Å². The molecule has 3 aliphatic heterocycles. The number of aliphatic carboxylic acids is 1. The molecule has 15 heteroatoms. The minimum Gasteiger partial charge on any atom is -0.490 e. The van der Waals surface area contributed by atoms with E-state index in [-0.39, 0.29) is 40.3 Å². The van der Waals surface area contributed by atoms with Crippen LogP contribution in [0.15, 0.2) is 32.1 Å². The lowest BCUT2D eigenvalue weighted by atomic mass is 9.78. The third-order valence-corrected chi connectivity index (χ3v) is 8.62. The first-order chi connectivity index (χ1) is 18.4. The zero-order valence-electron chi connectivity index (χ0n) is 21.2. The molecule has 3 amide bonds. The number of carboxylic acid groups (broad SMARTS) is 1. The van der Waals surface area contributed by atoms with Crippen molar-refractivity contribution < 1.29 is 42.2 Å². The summed E-state index contributed by atoms with van der Waals surface area (Å²) in [6, 6.07) is -0.849. The summed E-state index contributed by atoms with van der Waals surface area (Å²) in [4.78, 5) is 62.6. The third-order valence-electron chi connectivity index (χ3n) is 7.11. The van der Waals surface area contributed by atoms with Crippen molar-refractivity contribution in [2.24, 2.45) is 11.8 Å². The lowest BCUT2D eigenvalue weighted by Crippen LogP contribution is -2.66. The van der Waals surface area contributed by atoms with E-state index in [4.69, 9.17) is 9.15 Å². The average Bonchev–Trinajstić information content (AvgIpc) is 3.44. The normalized spacial score (nSPS) is 26.8. The minimum absolute atomic E-state index is 0.0141. The van der Waals surface area contributed by atoms with Gasteiger partial charge in [-0.1, -0.05) is 6.92 Å². The van der Waals surface area contributed by atoms with E-state index in [2.05, 4.69) is 16.0 Å². The first kappa shape index (κ1) is 28.5. The molecule has 212 valence electrons. The Bertz CT molecular complexity index is 1270. The van der Waals surface area contributed by atoms with Crippen LogP contribution in [0.1, 0.15) is 26.0 Å². The molecule has 0 spiro atoms. The van der Waals surface area contributed by atoms with Crippen molar-refractivity contribution in [2.45, 2.75) is 56.6 Å². The number of carboxylic acids is 1. The highest BCUT2D eigenvalue weighted by Gasteiger charge is 2.60. The zero-order chi connectivity index (χ0) is 28.6. The molecule has 1 unspecified atom stereocenters. The minimum atomic E-state index is -3.23. The van der Waals surface area contributed by atoms with Gasteiger partial charge in [-0.05, 0) is 13.3 Å². The lowest BCUT2D eigenvalue weighted by molar-refractivity contribution is -0.159. The molecule has 0 aliphatic carbocycles. The van der Waals surface area contributed by atoms with E-state index in [0.717, 1.165) is 6.26 Å². The number of hydrogen-bond donors (Lipinski definition) is 4. The molecule has 4 rings (SSSR count). The third kappa shape index (κ3) is 5.50. The number of halogens is 2. The van der Waals surface area contributed by atoms with Gasteiger partial charge in [0.2, 0.25) is 23.0 Å². The first-order valence-electron chi connectivity index (χ1n) is 12.2. The molecule has 0 radical (unpaired) electrons. The van der Waals surface area contributed by atoms with Gasteiger partial charge in [-0.25, -0.2) is 4.79 Å². The second-order valence-corrected chi connectivity index (χ2v) is 10.9. The first-order valence-corrected chi connectivity index (χ1v) is 13.0. The number of nitrogens with one attached hydrogen (secondary N) is 3. The SMILES string of the molecule is COc1coc(CNC(=O)[C@@H]2CC(SC3=C(C(=O)O)N4C(=O)[C@H]([C@@H](C)NC(=O)C(F)F)[C@@H]4[C@H]3C)CN2)cc1=O. The highest BCUT2D eigenvalue weighted by molar-refractivity contribution is 8.03. The summed E-state index contributed by atoms with van der Waals surface area (Å²) >= 11 is 1.26. The molecule has 39 heavy (non-hydrogen) atoms. The molecule has 4 N–H and O–H groups in total. The number of carbonyl (C=O) groups excluding carboxylic acids is 3. The van der Waals surface area contributed by atoms with E-state index in [1.807, 2.05) is 0 Å². The Morgan fingerprint density at radius 2 is 2.05 bits per heavy atom. The topological polar surface area (TPSA) is 167 Å².